The average Bonchev–Trinajstić information content (AvgIpc) is 2.97. The van der Waals surface area contributed by atoms with Gasteiger partial charge in [-0.3, -0.25) is 15.2 Å². The lowest BCUT2D eigenvalue weighted by atomic mass is 10.2. The van der Waals surface area contributed by atoms with E-state index in [4.69, 9.17) is 4.74 Å². The molecule has 0 fully saturated rings. The maximum Gasteiger partial charge on any atom is 0.333 e. The lowest BCUT2D eigenvalue weighted by molar-refractivity contribution is -0.384. The molecule has 0 bridgehead atoms. The van der Waals surface area contributed by atoms with Crippen molar-refractivity contribution in [3.05, 3.63) is 40.5 Å². The molecule has 1 aromatic heterocycles. The van der Waals surface area contributed by atoms with Crippen LogP contribution in [0.25, 0.3) is 0 Å². The number of nitrogens with zero attached hydrogens (tertiary/aromatic N) is 3. The normalized spacial score (nSPS) is 10.3. The number of benzene rings is 1. The van der Waals surface area contributed by atoms with Gasteiger partial charge >= 0.3 is 5.69 Å². The highest BCUT2D eigenvalue weighted by molar-refractivity contribution is 5.68. The summed E-state index contributed by atoms with van der Waals surface area (Å²) in [4.78, 5) is 14.8. The minimum Gasteiger partial charge on any atom is -0.487 e. The SMILES string of the molecule is CCOc1cccc(NCCCc2ncn[nH]2)c1[N+](=O)[O-]. The first kappa shape index (κ1) is 14.8. The largest absolute Gasteiger partial charge is 0.487 e. The maximum atomic E-state index is 11.2. The monoisotopic (exact) mass is 291 g/mol. The molecule has 0 aliphatic rings. The zero-order chi connectivity index (χ0) is 15.1. The van der Waals surface area contributed by atoms with Crippen molar-refractivity contribution >= 4 is 11.4 Å². The average molecular weight is 291 g/mol. The Hall–Kier alpha value is -2.64. The Bertz CT molecular complexity index is 585. The van der Waals surface area contributed by atoms with Crippen molar-refractivity contribution in [2.24, 2.45) is 0 Å². The fraction of sp³-hybridized carbons (Fsp3) is 0.385. The number of ether oxygens (including phenoxy) is 1. The van der Waals surface area contributed by atoms with Crippen LogP contribution in [0, 0.1) is 10.1 Å². The third-order valence-electron chi connectivity index (χ3n) is 2.85. The van der Waals surface area contributed by atoms with Gasteiger partial charge in [0.05, 0.1) is 11.5 Å². The molecule has 0 radical (unpaired) electrons. The fourth-order valence-corrected chi connectivity index (χ4v) is 1.96. The first-order valence-electron chi connectivity index (χ1n) is 6.70. The summed E-state index contributed by atoms with van der Waals surface area (Å²) in [6.45, 7) is 2.77. The van der Waals surface area contributed by atoms with Crippen molar-refractivity contribution in [2.45, 2.75) is 19.8 Å². The van der Waals surface area contributed by atoms with E-state index in [1.54, 1.807) is 25.1 Å². The van der Waals surface area contributed by atoms with Gasteiger partial charge in [0.25, 0.3) is 0 Å². The molecule has 8 heteroatoms. The summed E-state index contributed by atoms with van der Waals surface area (Å²) in [5, 5.41) is 20.8. The summed E-state index contributed by atoms with van der Waals surface area (Å²) in [6, 6.07) is 5.01. The van der Waals surface area contributed by atoms with Gasteiger partial charge < -0.3 is 10.1 Å². The first-order valence-corrected chi connectivity index (χ1v) is 6.70. The van der Waals surface area contributed by atoms with Crippen molar-refractivity contribution in [3.63, 3.8) is 0 Å². The molecular formula is C13H17N5O3. The Morgan fingerprint density at radius 3 is 3.00 bits per heavy atom. The number of para-hydroxylation sites is 1. The van der Waals surface area contributed by atoms with Crippen LogP contribution < -0.4 is 10.1 Å². The van der Waals surface area contributed by atoms with E-state index in [0.29, 0.717) is 18.8 Å². The van der Waals surface area contributed by atoms with E-state index in [1.165, 1.54) is 6.33 Å². The summed E-state index contributed by atoms with van der Waals surface area (Å²) in [6.07, 6.45) is 2.97. The molecule has 0 aliphatic heterocycles. The summed E-state index contributed by atoms with van der Waals surface area (Å²) < 4.78 is 5.30. The van der Waals surface area contributed by atoms with E-state index >= 15 is 0 Å². The number of aryl methyl sites for hydroxylation is 1. The van der Waals surface area contributed by atoms with Crippen LogP contribution in [-0.4, -0.2) is 33.3 Å². The Morgan fingerprint density at radius 1 is 1.48 bits per heavy atom. The molecule has 0 aliphatic carbocycles. The van der Waals surface area contributed by atoms with Gasteiger partial charge in [-0.1, -0.05) is 6.07 Å². The van der Waals surface area contributed by atoms with Crippen molar-refractivity contribution in [2.75, 3.05) is 18.5 Å². The maximum absolute atomic E-state index is 11.2. The van der Waals surface area contributed by atoms with Crippen LogP contribution in [0.3, 0.4) is 0 Å². The highest BCUT2D eigenvalue weighted by Gasteiger charge is 2.20. The van der Waals surface area contributed by atoms with E-state index < -0.39 is 4.92 Å². The molecule has 1 heterocycles. The molecule has 21 heavy (non-hydrogen) atoms. The molecule has 1 aromatic carbocycles. The summed E-state index contributed by atoms with van der Waals surface area (Å²) in [7, 11) is 0. The second-order valence-corrected chi connectivity index (χ2v) is 4.30. The van der Waals surface area contributed by atoms with Crippen molar-refractivity contribution < 1.29 is 9.66 Å². The summed E-state index contributed by atoms with van der Waals surface area (Å²) in [5.41, 5.74) is 0.433. The fourth-order valence-electron chi connectivity index (χ4n) is 1.96. The Labute approximate surface area is 121 Å². The molecule has 0 saturated heterocycles. The first-order chi connectivity index (χ1) is 10.2. The molecule has 112 valence electrons. The number of hydrogen-bond acceptors (Lipinski definition) is 6. The van der Waals surface area contributed by atoms with Gasteiger partial charge in [-0.2, -0.15) is 5.10 Å². The number of rotatable bonds is 8. The van der Waals surface area contributed by atoms with Crippen molar-refractivity contribution in [1.82, 2.24) is 15.2 Å². The van der Waals surface area contributed by atoms with Crippen molar-refractivity contribution in [3.8, 4) is 5.75 Å². The van der Waals surface area contributed by atoms with E-state index in [-0.39, 0.29) is 11.4 Å². The van der Waals surface area contributed by atoms with Crippen LogP contribution in [-0.2, 0) is 6.42 Å². The lowest BCUT2D eigenvalue weighted by Gasteiger charge is -2.10. The van der Waals surface area contributed by atoms with Crippen LogP contribution in [0.1, 0.15) is 19.2 Å². The zero-order valence-corrected chi connectivity index (χ0v) is 11.7. The van der Waals surface area contributed by atoms with E-state index in [1.807, 2.05) is 0 Å². The third-order valence-corrected chi connectivity index (χ3v) is 2.85. The topological polar surface area (TPSA) is 106 Å². The second-order valence-electron chi connectivity index (χ2n) is 4.30. The second kappa shape index (κ2) is 7.22. The Kier molecular flexibility index (Phi) is 5.08. The highest BCUT2D eigenvalue weighted by Crippen LogP contribution is 2.34. The molecule has 0 unspecified atom stereocenters. The molecule has 2 rings (SSSR count). The predicted molar refractivity (Wildman–Crippen MR) is 77.5 cm³/mol. The molecule has 0 amide bonds. The van der Waals surface area contributed by atoms with Crippen LogP contribution in [0.4, 0.5) is 11.4 Å². The lowest BCUT2D eigenvalue weighted by Crippen LogP contribution is -2.07. The molecule has 2 N–H and O–H groups in total. The minimum atomic E-state index is -0.427. The number of H-pyrrole nitrogens is 1. The van der Waals surface area contributed by atoms with Gasteiger partial charge in [-0.05, 0) is 25.5 Å². The predicted octanol–water partition coefficient (Wildman–Crippen LogP) is 2.16. The molecule has 2 aromatic rings. The third kappa shape index (κ3) is 3.91. The molecule has 0 atom stereocenters. The van der Waals surface area contributed by atoms with Crippen LogP contribution in [0.5, 0.6) is 5.75 Å². The van der Waals surface area contributed by atoms with Gasteiger partial charge in [0, 0.05) is 13.0 Å². The molecular weight excluding hydrogens is 274 g/mol. The van der Waals surface area contributed by atoms with Gasteiger partial charge in [0.1, 0.15) is 17.8 Å². The van der Waals surface area contributed by atoms with Gasteiger partial charge in [-0.25, -0.2) is 4.98 Å². The summed E-state index contributed by atoms with van der Waals surface area (Å²) >= 11 is 0. The number of anilines is 1. The smallest absolute Gasteiger partial charge is 0.333 e. The van der Waals surface area contributed by atoms with E-state index in [9.17, 15) is 10.1 Å². The Morgan fingerprint density at radius 2 is 2.33 bits per heavy atom. The van der Waals surface area contributed by atoms with Gasteiger partial charge in [-0.15, -0.1) is 0 Å². The quantitative estimate of drug-likeness (QED) is 0.438. The van der Waals surface area contributed by atoms with Gasteiger partial charge in [0.2, 0.25) is 0 Å². The number of nitro groups is 1. The Balaban J connectivity index is 1.98. The summed E-state index contributed by atoms with van der Waals surface area (Å²) in [5.74, 6) is 1.08. The molecule has 0 saturated carbocycles. The standard InChI is InChI=1S/C13H17N5O3/c1-2-21-11-6-3-5-10(13(11)18(19)20)14-8-4-7-12-15-9-16-17-12/h3,5-6,9,14H,2,4,7-8H2,1H3,(H,15,16,17). The minimum absolute atomic E-state index is 0.0287. The van der Waals surface area contributed by atoms with Gasteiger partial charge in [0.15, 0.2) is 5.75 Å². The van der Waals surface area contributed by atoms with Crippen LogP contribution in [0.2, 0.25) is 0 Å². The number of hydrogen-bond donors (Lipinski definition) is 2. The van der Waals surface area contributed by atoms with Crippen molar-refractivity contribution in [1.29, 1.82) is 0 Å². The highest BCUT2D eigenvalue weighted by atomic mass is 16.6. The number of nitro benzene ring substituents is 1. The van der Waals surface area contributed by atoms with E-state index in [2.05, 4.69) is 20.5 Å². The number of aromatic nitrogens is 3. The molecule has 0 spiro atoms. The zero-order valence-electron chi connectivity index (χ0n) is 11.7. The van der Waals surface area contributed by atoms with E-state index in [0.717, 1.165) is 18.7 Å². The van der Waals surface area contributed by atoms with Crippen LogP contribution in [0.15, 0.2) is 24.5 Å². The molecule has 8 nitrogen and oxygen atoms in total. The van der Waals surface area contributed by atoms with Crippen LogP contribution >= 0.6 is 0 Å². The number of aromatic amines is 1. The number of nitrogens with one attached hydrogen (secondary N) is 2.